The Labute approximate surface area is 125 Å². The monoisotopic (exact) mass is 220 g/mol. The molecule has 0 aromatic heterocycles. The fourth-order valence-electron chi connectivity index (χ4n) is 0.812. The minimum Gasteiger partial charge on any atom is -1.00 e. The van der Waals surface area contributed by atoms with Gasteiger partial charge in [0.25, 0.3) is 0 Å². The van der Waals surface area contributed by atoms with Crippen molar-refractivity contribution in [1.29, 1.82) is 0 Å². The SMILES string of the molecule is O=C(O)C=Cc1ccc(O)c(O)c1.[H-].[K+]. The third kappa shape index (κ3) is 4.25. The number of carboxylic acid groups (broad SMARTS) is 1. The van der Waals surface area contributed by atoms with Crippen LogP contribution in [0.25, 0.3) is 6.08 Å². The van der Waals surface area contributed by atoms with Crippen molar-refractivity contribution in [2.75, 3.05) is 0 Å². The van der Waals surface area contributed by atoms with Gasteiger partial charge in [-0.1, -0.05) is 6.07 Å². The molecule has 4 nitrogen and oxygen atoms in total. The average Bonchev–Trinajstić information content (AvgIpc) is 2.07. The number of aromatic hydroxyl groups is 2. The van der Waals surface area contributed by atoms with Crippen molar-refractivity contribution in [2.24, 2.45) is 0 Å². The number of phenols is 2. The Balaban J connectivity index is 0. The van der Waals surface area contributed by atoms with Crippen molar-refractivity contribution >= 4 is 12.0 Å². The number of carboxylic acids is 1. The van der Waals surface area contributed by atoms with Crippen molar-refractivity contribution in [3.8, 4) is 11.5 Å². The molecule has 0 atom stereocenters. The summed E-state index contributed by atoms with van der Waals surface area (Å²) in [7, 11) is 0. The van der Waals surface area contributed by atoms with E-state index in [1.54, 1.807) is 0 Å². The summed E-state index contributed by atoms with van der Waals surface area (Å²) in [4.78, 5) is 10.1. The topological polar surface area (TPSA) is 77.8 Å². The molecule has 0 saturated carbocycles. The molecule has 0 spiro atoms. The Hall–Kier alpha value is -0.334. The van der Waals surface area contributed by atoms with Gasteiger partial charge in [-0.15, -0.1) is 0 Å². The van der Waals surface area contributed by atoms with Gasteiger partial charge in [0.05, 0.1) is 0 Å². The van der Waals surface area contributed by atoms with Gasteiger partial charge in [0, 0.05) is 6.08 Å². The number of rotatable bonds is 2. The maximum atomic E-state index is 10.1. The summed E-state index contributed by atoms with van der Waals surface area (Å²) < 4.78 is 0. The molecule has 1 aromatic carbocycles. The van der Waals surface area contributed by atoms with E-state index < -0.39 is 5.97 Å². The Morgan fingerprint density at radius 2 is 1.93 bits per heavy atom. The van der Waals surface area contributed by atoms with Crippen LogP contribution in [0.15, 0.2) is 24.3 Å². The first-order chi connectivity index (χ1) is 6.09. The van der Waals surface area contributed by atoms with Crippen molar-refractivity contribution in [3.63, 3.8) is 0 Å². The van der Waals surface area contributed by atoms with Crippen molar-refractivity contribution < 1.29 is 72.9 Å². The Morgan fingerprint density at radius 1 is 1.29 bits per heavy atom. The summed E-state index contributed by atoms with van der Waals surface area (Å²) in [5.74, 6) is -1.56. The van der Waals surface area contributed by atoms with Crippen LogP contribution in [0.2, 0.25) is 0 Å². The standard InChI is InChI=1S/C9H8O4.K.H/c10-7-3-1-6(5-8(7)11)2-4-9(12)13;;/h1-5,10-11H,(H,12,13);;/q;+1;-1. The van der Waals surface area contributed by atoms with Crippen LogP contribution in [0, 0.1) is 0 Å². The first kappa shape index (κ1) is 13.7. The minimum atomic E-state index is -1.06. The summed E-state index contributed by atoms with van der Waals surface area (Å²) in [6.45, 7) is 0. The van der Waals surface area contributed by atoms with Crippen molar-refractivity contribution in [1.82, 2.24) is 0 Å². The minimum absolute atomic E-state index is 0. The van der Waals surface area contributed by atoms with Crippen LogP contribution in [0.1, 0.15) is 6.99 Å². The van der Waals surface area contributed by atoms with E-state index in [2.05, 4.69) is 0 Å². The Morgan fingerprint density at radius 3 is 2.43 bits per heavy atom. The fourth-order valence-corrected chi connectivity index (χ4v) is 0.812. The zero-order chi connectivity index (χ0) is 9.84. The largest absolute Gasteiger partial charge is 1.00 e. The van der Waals surface area contributed by atoms with Gasteiger partial charge >= 0.3 is 57.4 Å². The van der Waals surface area contributed by atoms with E-state index in [1.807, 2.05) is 0 Å². The van der Waals surface area contributed by atoms with E-state index in [0.717, 1.165) is 6.08 Å². The maximum absolute atomic E-state index is 10.1. The zero-order valence-corrected chi connectivity index (χ0v) is 10.8. The molecule has 0 aliphatic heterocycles. The zero-order valence-electron chi connectivity index (χ0n) is 8.64. The molecule has 0 heterocycles. The Kier molecular flexibility index (Phi) is 6.06. The summed E-state index contributed by atoms with van der Waals surface area (Å²) in [5.41, 5.74) is 0.512. The molecule has 0 aliphatic rings. The van der Waals surface area contributed by atoms with Crippen LogP contribution >= 0.6 is 0 Å². The first-order valence-electron chi connectivity index (χ1n) is 3.52. The number of carbonyl (C=O) groups is 1. The van der Waals surface area contributed by atoms with E-state index in [-0.39, 0.29) is 64.3 Å². The third-order valence-electron chi connectivity index (χ3n) is 1.42. The number of benzene rings is 1. The molecule has 0 aliphatic carbocycles. The first-order valence-corrected chi connectivity index (χ1v) is 3.52. The van der Waals surface area contributed by atoms with Crippen LogP contribution in [0.4, 0.5) is 0 Å². The number of hydrogen-bond acceptors (Lipinski definition) is 3. The molecule has 1 aromatic rings. The van der Waals surface area contributed by atoms with Gasteiger partial charge in [-0.2, -0.15) is 0 Å². The van der Waals surface area contributed by atoms with Gasteiger partial charge in [0.15, 0.2) is 11.5 Å². The molecule has 70 valence electrons. The van der Waals surface area contributed by atoms with Crippen LogP contribution in [-0.4, -0.2) is 21.3 Å². The van der Waals surface area contributed by atoms with E-state index in [1.165, 1.54) is 24.3 Å². The average molecular weight is 220 g/mol. The van der Waals surface area contributed by atoms with E-state index in [4.69, 9.17) is 15.3 Å². The fraction of sp³-hybridized carbons (Fsp3) is 0. The Bertz CT molecular complexity index is 365. The summed E-state index contributed by atoms with van der Waals surface area (Å²) in [6, 6.07) is 4.06. The quantitative estimate of drug-likeness (QED) is 0.316. The molecule has 0 saturated heterocycles. The number of phenolic OH excluding ortho intramolecular Hbond substituents is 2. The number of aliphatic carboxylic acids is 1. The maximum Gasteiger partial charge on any atom is 1.00 e. The molecule has 0 fully saturated rings. The molecule has 0 unspecified atom stereocenters. The summed E-state index contributed by atoms with van der Waals surface area (Å²) in [5, 5.41) is 26.3. The van der Waals surface area contributed by atoms with Crippen LogP contribution < -0.4 is 51.4 Å². The van der Waals surface area contributed by atoms with Crippen LogP contribution in [-0.2, 0) is 4.79 Å². The van der Waals surface area contributed by atoms with Gasteiger partial charge in [0.1, 0.15) is 0 Å². The molecular weight excluding hydrogens is 211 g/mol. The second-order valence-electron chi connectivity index (χ2n) is 2.42. The van der Waals surface area contributed by atoms with E-state index in [9.17, 15) is 4.79 Å². The van der Waals surface area contributed by atoms with Gasteiger partial charge in [0.2, 0.25) is 0 Å². The summed E-state index contributed by atoms with van der Waals surface area (Å²) in [6.07, 6.45) is 2.27. The normalized spacial score (nSPS) is 9.71. The van der Waals surface area contributed by atoms with Gasteiger partial charge in [-0.05, 0) is 23.8 Å². The molecule has 0 radical (unpaired) electrons. The van der Waals surface area contributed by atoms with Crippen LogP contribution in [0.5, 0.6) is 11.5 Å². The molecule has 14 heavy (non-hydrogen) atoms. The molecular formula is C9H9KO4. The molecule has 3 N–H and O–H groups in total. The van der Waals surface area contributed by atoms with Gasteiger partial charge in [-0.25, -0.2) is 4.79 Å². The second kappa shape index (κ2) is 6.21. The molecule has 5 heteroatoms. The van der Waals surface area contributed by atoms with Crippen molar-refractivity contribution in [2.45, 2.75) is 0 Å². The van der Waals surface area contributed by atoms with Gasteiger partial charge in [-0.3, -0.25) is 0 Å². The van der Waals surface area contributed by atoms with Crippen LogP contribution in [0.3, 0.4) is 0 Å². The second-order valence-corrected chi connectivity index (χ2v) is 2.42. The molecule has 1 rings (SSSR count). The predicted molar refractivity (Wildman–Crippen MR) is 47.6 cm³/mol. The predicted octanol–water partition coefficient (Wildman–Crippen LogP) is -1.69. The summed E-state index contributed by atoms with van der Waals surface area (Å²) >= 11 is 0. The van der Waals surface area contributed by atoms with E-state index >= 15 is 0 Å². The van der Waals surface area contributed by atoms with Gasteiger partial charge < -0.3 is 16.7 Å². The van der Waals surface area contributed by atoms with E-state index in [0.29, 0.717) is 5.56 Å². The van der Waals surface area contributed by atoms with Crippen molar-refractivity contribution in [3.05, 3.63) is 29.8 Å². The smallest absolute Gasteiger partial charge is 1.00 e. The third-order valence-corrected chi connectivity index (χ3v) is 1.42. The molecule has 0 amide bonds. The molecule has 0 bridgehead atoms. The number of hydrogen-bond donors (Lipinski definition) is 3.